The monoisotopic (exact) mass is 373 g/mol. The van der Waals surface area contributed by atoms with Gasteiger partial charge in [-0.2, -0.15) is 11.3 Å². The molecule has 8 heteroatoms. The summed E-state index contributed by atoms with van der Waals surface area (Å²) in [5.41, 5.74) is 1.99. The summed E-state index contributed by atoms with van der Waals surface area (Å²) in [7, 11) is 1.96. The first-order chi connectivity index (χ1) is 12.2. The molecule has 0 aliphatic carbocycles. The number of likely N-dealkylation sites (tertiary alicyclic amines) is 1. The van der Waals surface area contributed by atoms with E-state index in [0.717, 1.165) is 41.5 Å². The number of piperidine rings is 1. The molecule has 4 rings (SSSR count). The van der Waals surface area contributed by atoms with Gasteiger partial charge in [-0.3, -0.25) is 4.79 Å². The van der Waals surface area contributed by atoms with Gasteiger partial charge in [-0.05, 0) is 24.3 Å². The lowest BCUT2D eigenvalue weighted by atomic mass is 9.97. The summed E-state index contributed by atoms with van der Waals surface area (Å²) in [6.45, 7) is 1.53. The van der Waals surface area contributed by atoms with E-state index in [4.69, 9.17) is 0 Å². The van der Waals surface area contributed by atoms with Crippen LogP contribution < -0.4 is 0 Å². The Morgan fingerprint density at radius 2 is 2.32 bits per heavy atom. The predicted octanol–water partition coefficient (Wildman–Crippen LogP) is 2.95. The molecule has 0 radical (unpaired) electrons. The highest BCUT2D eigenvalue weighted by Gasteiger charge is 2.27. The molecule has 0 bridgehead atoms. The summed E-state index contributed by atoms with van der Waals surface area (Å²) in [6, 6.07) is 2.06. The average Bonchev–Trinajstić information content (AvgIpc) is 3.36. The second kappa shape index (κ2) is 7.05. The van der Waals surface area contributed by atoms with Crippen LogP contribution in [-0.2, 0) is 18.3 Å². The van der Waals surface area contributed by atoms with Crippen molar-refractivity contribution in [2.24, 2.45) is 7.05 Å². The summed E-state index contributed by atoms with van der Waals surface area (Å²) in [5, 5.41) is 15.3. The van der Waals surface area contributed by atoms with Crippen molar-refractivity contribution in [2.75, 3.05) is 13.1 Å². The molecule has 3 aromatic rings. The second-order valence-corrected chi connectivity index (χ2v) is 7.95. The molecule has 3 aromatic heterocycles. The van der Waals surface area contributed by atoms with Crippen LogP contribution >= 0.6 is 22.7 Å². The molecule has 1 aliphatic heterocycles. The number of thiophene rings is 1. The standard InChI is InChI=1S/C17H19N5OS2/c1-21-11-18-20-16(21)12-3-2-5-22(8-12)15(23)7-14-10-25-17(19-14)13-4-6-24-9-13/h4,6,9-12H,2-3,5,7-8H2,1H3/t12-/m0/s1. The Morgan fingerprint density at radius 3 is 3.08 bits per heavy atom. The summed E-state index contributed by atoms with van der Waals surface area (Å²) >= 11 is 3.26. The summed E-state index contributed by atoms with van der Waals surface area (Å²) in [5.74, 6) is 1.38. The van der Waals surface area contributed by atoms with E-state index in [2.05, 4.69) is 26.6 Å². The maximum Gasteiger partial charge on any atom is 0.228 e. The van der Waals surface area contributed by atoms with Crippen LogP contribution in [0.5, 0.6) is 0 Å². The molecule has 0 saturated carbocycles. The number of carbonyl (C=O) groups excluding carboxylic acids is 1. The summed E-state index contributed by atoms with van der Waals surface area (Å²) < 4.78 is 1.95. The minimum Gasteiger partial charge on any atom is -0.342 e. The number of aryl methyl sites for hydroxylation is 1. The molecule has 1 fully saturated rings. The van der Waals surface area contributed by atoms with Gasteiger partial charge in [0.05, 0.1) is 12.1 Å². The molecule has 25 heavy (non-hydrogen) atoms. The number of aromatic nitrogens is 4. The number of hydrogen-bond acceptors (Lipinski definition) is 6. The fraction of sp³-hybridized carbons (Fsp3) is 0.412. The molecule has 1 atom stereocenters. The van der Waals surface area contributed by atoms with Gasteiger partial charge in [0.2, 0.25) is 5.91 Å². The van der Waals surface area contributed by atoms with E-state index in [9.17, 15) is 4.79 Å². The highest BCUT2D eigenvalue weighted by atomic mass is 32.1. The largest absolute Gasteiger partial charge is 0.342 e. The van der Waals surface area contributed by atoms with Crippen LogP contribution in [0.15, 0.2) is 28.5 Å². The van der Waals surface area contributed by atoms with Crippen LogP contribution in [0.2, 0.25) is 0 Å². The van der Waals surface area contributed by atoms with Crippen LogP contribution in [0, 0.1) is 0 Å². The third-order valence-electron chi connectivity index (χ3n) is 4.54. The van der Waals surface area contributed by atoms with E-state index in [1.165, 1.54) is 0 Å². The number of carbonyl (C=O) groups is 1. The van der Waals surface area contributed by atoms with Gasteiger partial charge in [-0.25, -0.2) is 4.98 Å². The van der Waals surface area contributed by atoms with Gasteiger partial charge in [-0.15, -0.1) is 21.5 Å². The average molecular weight is 374 g/mol. The third-order valence-corrected chi connectivity index (χ3v) is 6.16. The van der Waals surface area contributed by atoms with E-state index < -0.39 is 0 Å². The lowest BCUT2D eigenvalue weighted by Gasteiger charge is -2.32. The SMILES string of the molecule is Cn1cnnc1[C@H]1CCCN(C(=O)Cc2csc(-c3ccsc3)n2)C1. The van der Waals surface area contributed by atoms with E-state index in [1.54, 1.807) is 29.0 Å². The van der Waals surface area contributed by atoms with Gasteiger partial charge in [0.15, 0.2) is 0 Å². The Hall–Kier alpha value is -2.06. The smallest absolute Gasteiger partial charge is 0.228 e. The van der Waals surface area contributed by atoms with Crippen LogP contribution in [0.25, 0.3) is 10.6 Å². The van der Waals surface area contributed by atoms with Gasteiger partial charge < -0.3 is 9.47 Å². The maximum absolute atomic E-state index is 12.7. The zero-order valence-electron chi connectivity index (χ0n) is 14.0. The Bertz CT molecular complexity index is 854. The molecule has 4 heterocycles. The second-order valence-electron chi connectivity index (χ2n) is 6.31. The van der Waals surface area contributed by atoms with Crippen molar-refractivity contribution >= 4 is 28.6 Å². The molecule has 6 nitrogen and oxygen atoms in total. The molecule has 0 unspecified atom stereocenters. The number of rotatable bonds is 4. The first-order valence-corrected chi connectivity index (χ1v) is 10.1. The van der Waals surface area contributed by atoms with Crippen LogP contribution in [0.4, 0.5) is 0 Å². The molecule has 1 aliphatic rings. The summed E-state index contributed by atoms with van der Waals surface area (Å²) in [6.07, 6.45) is 4.14. The number of hydrogen-bond donors (Lipinski definition) is 0. The van der Waals surface area contributed by atoms with E-state index in [1.807, 2.05) is 27.3 Å². The number of thiazole rings is 1. The van der Waals surface area contributed by atoms with Crippen molar-refractivity contribution in [3.05, 3.63) is 40.1 Å². The highest BCUT2D eigenvalue weighted by Crippen LogP contribution is 2.27. The Balaban J connectivity index is 1.42. The molecular weight excluding hydrogens is 354 g/mol. The van der Waals surface area contributed by atoms with Gasteiger partial charge >= 0.3 is 0 Å². The molecule has 1 amide bonds. The minimum absolute atomic E-state index is 0.147. The van der Waals surface area contributed by atoms with E-state index in [-0.39, 0.29) is 11.8 Å². The van der Waals surface area contributed by atoms with Crippen LogP contribution in [0.3, 0.4) is 0 Å². The van der Waals surface area contributed by atoms with Crippen molar-refractivity contribution in [3.63, 3.8) is 0 Å². The molecule has 130 valence electrons. The fourth-order valence-corrected chi connectivity index (χ4v) is 4.78. The van der Waals surface area contributed by atoms with Crippen molar-refractivity contribution in [1.29, 1.82) is 0 Å². The van der Waals surface area contributed by atoms with Gasteiger partial charge in [-0.1, -0.05) is 0 Å². The van der Waals surface area contributed by atoms with Crippen molar-refractivity contribution in [3.8, 4) is 10.6 Å². The molecule has 0 spiro atoms. The predicted molar refractivity (Wildman–Crippen MR) is 98.7 cm³/mol. The fourth-order valence-electron chi connectivity index (χ4n) is 3.25. The minimum atomic E-state index is 0.147. The van der Waals surface area contributed by atoms with Gasteiger partial charge in [0.1, 0.15) is 17.2 Å². The topological polar surface area (TPSA) is 63.9 Å². The van der Waals surface area contributed by atoms with Crippen LogP contribution in [0.1, 0.15) is 30.3 Å². The molecule has 0 N–H and O–H groups in total. The Morgan fingerprint density at radius 1 is 1.40 bits per heavy atom. The van der Waals surface area contributed by atoms with Gasteiger partial charge in [0, 0.05) is 42.4 Å². The lowest BCUT2D eigenvalue weighted by Crippen LogP contribution is -2.40. The van der Waals surface area contributed by atoms with Gasteiger partial charge in [0.25, 0.3) is 0 Å². The number of amides is 1. The Kier molecular flexibility index (Phi) is 4.63. The van der Waals surface area contributed by atoms with E-state index >= 15 is 0 Å². The third kappa shape index (κ3) is 3.50. The number of nitrogens with zero attached hydrogens (tertiary/aromatic N) is 5. The molecule has 0 aromatic carbocycles. The Labute approximate surface area is 154 Å². The van der Waals surface area contributed by atoms with Crippen LogP contribution in [-0.4, -0.2) is 43.6 Å². The quantitative estimate of drug-likeness (QED) is 0.705. The molecular formula is C17H19N5OS2. The van der Waals surface area contributed by atoms with Crippen molar-refractivity contribution in [1.82, 2.24) is 24.6 Å². The maximum atomic E-state index is 12.7. The van der Waals surface area contributed by atoms with Crippen molar-refractivity contribution in [2.45, 2.75) is 25.2 Å². The zero-order valence-corrected chi connectivity index (χ0v) is 15.6. The first-order valence-electron chi connectivity index (χ1n) is 8.29. The normalized spacial score (nSPS) is 17.8. The molecule has 1 saturated heterocycles. The summed E-state index contributed by atoms with van der Waals surface area (Å²) in [4.78, 5) is 19.3. The van der Waals surface area contributed by atoms with E-state index in [0.29, 0.717) is 13.0 Å². The zero-order chi connectivity index (χ0) is 17.2. The first kappa shape index (κ1) is 16.4. The lowest BCUT2D eigenvalue weighted by molar-refractivity contribution is -0.131. The van der Waals surface area contributed by atoms with Crippen molar-refractivity contribution < 1.29 is 4.79 Å². The highest BCUT2D eigenvalue weighted by molar-refractivity contribution is 7.14.